The van der Waals surface area contributed by atoms with Crippen molar-refractivity contribution in [2.75, 3.05) is 34.4 Å². The van der Waals surface area contributed by atoms with Gasteiger partial charge >= 0.3 is 0 Å². The van der Waals surface area contributed by atoms with Crippen LogP contribution in [0.5, 0.6) is 0 Å². The van der Waals surface area contributed by atoms with Gasteiger partial charge < -0.3 is 40.3 Å². The third kappa shape index (κ3) is 10.3. The number of likely N-dealkylation sites (tertiary alicyclic amines) is 1. The highest BCUT2D eigenvalue weighted by molar-refractivity contribution is 5.92. The maximum atomic E-state index is 14.2. The Bertz CT molecular complexity index is 1290. The lowest BCUT2D eigenvalue weighted by molar-refractivity contribution is -0.148. The smallest absolute Gasteiger partial charge is 0.245 e. The predicted octanol–water partition coefficient (Wildman–Crippen LogP) is 3.43. The molecule has 12 heteroatoms. The van der Waals surface area contributed by atoms with E-state index in [0.29, 0.717) is 24.9 Å². The molecule has 0 aliphatic carbocycles. The van der Waals surface area contributed by atoms with Crippen molar-refractivity contribution in [3.8, 4) is 0 Å². The fraction of sp³-hybridized carbons (Fsp3) is 0.744. The second kappa shape index (κ2) is 19.1. The molecule has 4 amide bonds. The Hall–Kier alpha value is -3.06. The first-order chi connectivity index (χ1) is 24.1. The van der Waals surface area contributed by atoms with Crippen molar-refractivity contribution in [3.63, 3.8) is 0 Å². The molecule has 2 heterocycles. The van der Waals surface area contributed by atoms with Gasteiger partial charge in [0.1, 0.15) is 6.04 Å². The van der Waals surface area contributed by atoms with Crippen molar-refractivity contribution in [1.82, 2.24) is 25.8 Å². The van der Waals surface area contributed by atoms with E-state index >= 15 is 0 Å². The first kappa shape index (κ1) is 42.4. The summed E-state index contributed by atoms with van der Waals surface area (Å²) in [6.07, 6.45) is 1.79. The number of hydrogen-bond donors (Lipinski definition) is 4. The quantitative estimate of drug-likeness (QED) is 0.181. The molecule has 1 aromatic rings. The van der Waals surface area contributed by atoms with E-state index in [9.17, 15) is 24.3 Å². The molecule has 3 rings (SSSR count). The van der Waals surface area contributed by atoms with Gasteiger partial charge in [-0.2, -0.15) is 0 Å². The number of rotatable bonds is 18. The van der Waals surface area contributed by atoms with Gasteiger partial charge in [-0.1, -0.05) is 71.4 Å². The highest BCUT2D eigenvalue weighted by Crippen LogP contribution is 2.30. The highest BCUT2D eigenvalue weighted by atomic mass is 16.5. The summed E-state index contributed by atoms with van der Waals surface area (Å²) in [5, 5.41) is 20.1. The zero-order valence-corrected chi connectivity index (χ0v) is 32.6. The Balaban J connectivity index is 1.74. The molecule has 51 heavy (non-hydrogen) atoms. The minimum Gasteiger partial charge on any atom is -0.386 e. The molecular weight excluding hydrogens is 650 g/mol. The molecule has 2 aliphatic rings. The van der Waals surface area contributed by atoms with E-state index in [1.165, 1.54) is 0 Å². The van der Waals surface area contributed by atoms with E-state index in [-0.39, 0.29) is 47.9 Å². The highest BCUT2D eigenvalue weighted by Gasteiger charge is 2.44. The van der Waals surface area contributed by atoms with Crippen LogP contribution in [0.1, 0.15) is 98.7 Å². The van der Waals surface area contributed by atoms with Gasteiger partial charge in [-0.3, -0.25) is 19.2 Å². The number of hydrogen-bond acceptors (Lipinski definition) is 8. The van der Waals surface area contributed by atoms with Gasteiger partial charge in [-0.25, -0.2) is 0 Å². The number of carbonyl (C=O) groups excluding carboxylic acids is 4. The van der Waals surface area contributed by atoms with Crippen molar-refractivity contribution >= 4 is 23.6 Å². The van der Waals surface area contributed by atoms with Crippen LogP contribution in [-0.2, 0) is 28.7 Å². The molecule has 10 atom stereocenters. The Labute approximate surface area is 305 Å². The average Bonchev–Trinajstić information content (AvgIpc) is 3.80. The zero-order chi connectivity index (χ0) is 38.0. The fourth-order valence-corrected chi connectivity index (χ4v) is 7.80. The van der Waals surface area contributed by atoms with Crippen molar-refractivity contribution in [1.29, 1.82) is 0 Å². The molecule has 2 unspecified atom stereocenters. The number of likely N-dealkylation sites (N-methyl/N-ethyl adjacent to an activating group) is 1. The van der Waals surface area contributed by atoms with E-state index in [1.807, 2.05) is 65.0 Å². The molecule has 12 nitrogen and oxygen atoms in total. The SMILES string of the molecule is CC[C@H](C)[C@@H]([C@@H](CC(=O)N1CCC[C@H]1[C@H](OC)[C@@H](C)C(=O)NC(C)C(O)c1ccccc1)OC)N(C)C(=O)[C@@H](NC(=O)[C@]1(C)CCCN1)C(C)C. The zero-order valence-electron chi connectivity index (χ0n) is 32.6. The van der Waals surface area contributed by atoms with E-state index in [0.717, 1.165) is 25.8 Å². The molecule has 4 N–H and O–H groups in total. The van der Waals surface area contributed by atoms with Gasteiger partial charge in [0.2, 0.25) is 23.6 Å². The van der Waals surface area contributed by atoms with E-state index in [1.54, 1.807) is 44.9 Å². The maximum Gasteiger partial charge on any atom is 0.245 e. The van der Waals surface area contributed by atoms with Crippen LogP contribution in [0.4, 0.5) is 0 Å². The lowest BCUT2D eigenvalue weighted by Gasteiger charge is -2.41. The number of methoxy groups -OCH3 is 2. The third-order valence-electron chi connectivity index (χ3n) is 11.3. The van der Waals surface area contributed by atoms with Crippen molar-refractivity contribution in [2.24, 2.45) is 17.8 Å². The van der Waals surface area contributed by atoms with Crippen LogP contribution in [-0.4, -0.2) is 115 Å². The minimum atomic E-state index is -0.873. The van der Waals surface area contributed by atoms with Gasteiger partial charge in [0, 0.05) is 27.8 Å². The Kier molecular flexibility index (Phi) is 15.9. The topological polar surface area (TPSA) is 150 Å². The van der Waals surface area contributed by atoms with Crippen LogP contribution >= 0.6 is 0 Å². The molecule has 0 saturated carbocycles. The number of carbonyl (C=O) groups is 4. The Morgan fingerprint density at radius 2 is 1.71 bits per heavy atom. The Morgan fingerprint density at radius 1 is 1.04 bits per heavy atom. The molecule has 1 aromatic carbocycles. The number of nitrogens with zero attached hydrogens (tertiary/aromatic N) is 2. The maximum absolute atomic E-state index is 14.2. The number of amides is 4. The van der Waals surface area contributed by atoms with Crippen LogP contribution < -0.4 is 16.0 Å². The van der Waals surface area contributed by atoms with Crippen LogP contribution in [0.2, 0.25) is 0 Å². The average molecular weight is 716 g/mol. The second-order valence-electron chi connectivity index (χ2n) is 15.3. The third-order valence-corrected chi connectivity index (χ3v) is 11.3. The number of ether oxygens (including phenoxy) is 2. The van der Waals surface area contributed by atoms with Gasteiger partial charge in [-0.05, 0) is 63.5 Å². The molecule has 2 aliphatic heterocycles. The second-order valence-corrected chi connectivity index (χ2v) is 15.3. The number of nitrogens with one attached hydrogen (secondary N) is 3. The summed E-state index contributed by atoms with van der Waals surface area (Å²) in [7, 11) is 4.86. The molecule has 0 radical (unpaired) electrons. The monoisotopic (exact) mass is 715 g/mol. The first-order valence-electron chi connectivity index (χ1n) is 18.8. The molecular formula is C39H65N5O7. The van der Waals surface area contributed by atoms with Crippen LogP contribution in [0.25, 0.3) is 0 Å². The summed E-state index contributed by atoms with van der Waals surface area (Å²) in [5.41, 5.74) is 0.000187. The summed E-state index contributed by atoms with van der Waals surface area (Å²) >= 11 is 0. The normalized spacial score (nSPS) is 23.8. The summed E-state index contributed by atoms with van der Waals surface area (Å²) in [6, 6.07) is 7.15. The summed E-state index contributed by atoms with van der Waals surface area (Å²) < 4.78 is 11.9. The van der Waals surface area contributed by atoms with E-state index < -0.39 is 47.9 Å². The molecule has 0 aromatic heterocycles. The number of aliphatic hydroxyl groups excluding tert-OH is 1. The van der Waals surface area contributed by atoms with Crippen molar-refractivity contribution in [2.45, 2.75) is 135 Å². The van der Waals surface area contributed by atoms with E-state index in [4.69, 9.17) is 9.47 Å². The Morgan fingerprint density at radius 3 is 2.25 bits per heavy atom. The standard InChI is InChI=1S/C39H65N5O7/c1-11-25(4)33(43(8)37(48)32(24(2)3)42-38(49)39(7)20-16-21-40-39)30(50-9)23-31(45)44-22-15-19-29(44)35(51-10)26(5)36(47)41-27(6)34(46)28-17-13-12-14-18-28/h12-14,17-18,24-27,29-30,32-35,40,46H,11,15-16,19-23H2,1-10H3,(H,41,47)(H,42,49)/t25-,26+,27?,29-,30+,32-,33-,34?,35+,39-/m0/s1. The largest absolute Gasteiger partial charge is 0.386 e. The molecule has 2 saturated heterocycles. The molecule has 2 fully saturated rings. The molecule has 0 bridgehead atoms. The van der Waals surface area contributed by atoms with Crippen LogP contribution in [0, 0.1) is 17.8 Å². The predicted molar refractivity (Wildman–Crippen MR) is 198 cm³/mol. The van der Waals surface area contributed by atoms with E-state index in [2.05, 4.69) is 16.0 Å². The lowest BCUT2D eigenvalue weighted by atomic mass is 9.89. The van der Waals surface area contributed by atoms with Gasteiger partial charge in [0.15, 0.2) is 0 Å². The summed E-state index contributed by atoms with van der Waals surface area (Å²) in [6.45, 7) is 14.6. The van der Waals surface area contributed by atoms with Gasteiger partial charge in [0.25, 0.3) is 0 Å². The van der Waals surface area contributed by atoms with Gasteiger partial charge in [-0.15, -0.1) is 0 Å². The fourth-order valence-electron chi connectivity index (χ4n) is 7.80. The molecule has 288 valence electrons. The lowest BCUT2D eigenvalue weighted by Crippen LogP contribution is -2.61. The van der Waals surface area contributed by atoms with Gasteiger partial charge in [0.05, 0.1) is 54.3 Å². The summed E-state index contributed by atoms with van der Waals surface area (Å²) in [4.78, 5) is 58.5. The number of aliphatic hydroxyl groups is 1. The van der Waals surface area contributed by atoms with Crippen LogP contribution in [0.3, 0.4) is 0 Å². The molecule has 0 spiro atoms. The van der Waals surface area contributed by atoms with Crippen LogP contribution in [0.15, 0.2) is 30.3 Å². The minimum absolute atomic E-state index is 0.00715. The number of benzene rings is 1. The summed E-state index contributed by atoms with van der Waals surface area (Å²) in [5.74, 6) is -1.56. The van der Waals surface area contributed by atoms with Crippen molar-refractivity contribution < 1.29 is 33.8 Å². The van der Waals surface area contributed by atoms with Crippen molar-refractivity contribution in [3.05, 3.63) is 35.9 Å². The first-order valence-corrected chi connectivity index (χ1v) is 18.8.